The second kappa shape index (κ2) is 205. The van der Waals surface area contributed by atoms with Crippen LogP contribution in [0.4, 0.5) is 0 Å². The molecular weight excluding hydrogens is 316 g/mol. The molecule has 0 unspecified atom stereocenters. The van der Waals surface area contributed by atoms with Crippen molar-refractivity contribution >= 4 is 32.4 Å². The van der Waals surface area contributed by atoms with Crippen molar-refractivity contribution in [2.75, 3.05) is 0 Å². The first-order valence-electron chi connectivity index (χ1n) is 2.14. The van der Waals surface area contributed by atoms with Gasteiger partial charge in [0.15, 0.2) is 0 Å². The Morgan fingerprint density at radius 3 is 0.438 bits per heavy atom. The van der Waals surface area contributed by atoms with E-state index in [0.717, 1.165) is 0 Å². The molecule has 0 rings (SSSR count). The van der Waals surface area contributed by atoms with Crippen LogP contribution in [0.15, 0.2) is 0 Å². The van der Waals surface area contributed by atoms with Crippen LogP contribution in [0.2, 0.25) is 0 Å². The first-order valence-corrected chi connectivity index (χ1v) is 2.14. The molecule has 0 aliphatic rings. The van der Waals surface area contributed by atoms with Crippen LogP contribution in [0.5, 0.6) is 0 Å². The standard InChI is InChI=1S/5CHO2.Mo/c5*2-1-3;/h5*(H,2,3);/q5*-1;. The molecule has 16 heavy (non-hydrogen) atoms. The summed E-state index contributed by atoms with van der Waals surface area (Å²) in [4.78, 5) is 41.2. The Balaban J connectivity index is -0.0000000192. The molecule has 0 fully saturated rings. The number of hydrogen-bond donors (Lipinski definition) is 5. The monoisotopic (exact) mass is 323 g/mol. The fraction of sp³-hybridized carbons (Fsp3) is 0. The molecule has 5 N–H and O–H groups in total. The summed E-state index contributed by atoms with van der Waals surface area (Å²) in [6.07, 6.45) is 0. The van der Waals surface area contributed by atoms with Gasteiger partial charge in [0.1, 0.15) is 0 Å². The van der Waals surface area contributed by atoms with Crippen LogP contribution in [0.25, 0.3) is 0 Å². The maximum Gasteiger partial charge on any atom is 0 e. The summed E-state index contributed by atoms with van der Waals surface area (Å²) in [6.45, 7) is 2.50. The molecule has 0 spiro atoms. The van der Waals surface area contributed by atoms with Crippen LogP contribution in [-0.2, 0) is 45.0 Å². The van der Waals surface area contributed by atoms with Gasteiger partial charge < -0.3 is 49.5 Å². The molecule has 0 radical (unpaired) electrons. The van der Waals surface area contributed by atoms with Gasteiger partial charge in [-0.15, -0.1) is 0 Å². The van der Waals surface area contributed by atoms with Crippen LogP contribution in [-0.4, -0.2) is 57.9 Å². The SMILES string of the molecule is O=[C-]O.O=[C-]O.O=[C-]O.O=[C-]O.O=[C-]O.[Mo]. The first-order chi connectivity index (χ1) is 7.07. The van der Waals surface area contributed by atoms with E-state index in [-0.39, 0.29) is 21.1 Å². The van der Waals surface area contributed by atoms with E-state index in [4.69, 9.17) is 49.5 Å². The molecule has 10 nitrogen and oxygen atoms in total. The van der Waals surface area contributed by atoms with Crippen molar-refractivity contribution in [1.29, 1.82) is 0 Å². The Morgan fingerprint density at radius 2 is 0.438 bits per heavy atom. The van der Waals surface area contributed by atoms with E-state index < -0.39 is 0 Å². The summed E-state index contributed by atoms with van der Waals surface area (Å²) in [6, 6.07) is 0. The van der Waals surface area contributed by atoms with Crippen molar-refractivity contribution in [2.45, 2.75) is 0 Å². The minimum atomic E-state index is 0. The van der Waals surface area contributed by atoms with Crippen molar-refractivity contribution in [2.24, 2.45) is 0 Å². The van der Waals surface area contributed by atoms with Gasteiger partial charge in [-0.05, 0) is 0 Å². The second-order valence-electron chi connectivity index (χ2n) is 0.456. The summed E-state index contributed by atoms with van der Waals surface area (Å²) in [5.41, 5.74) is 0. The average Bonchev–Trinajstić information content (AvgIpc) is 2.09. The molecule has 0 amide bonds. The predicted molar refractivity (Wildman–Crippen MR) is 41.6 cm³/mol. The summed E-state index contributed by atoms with van der Waals surface area (Å²) in [5, 5.41) is 33.8. The molecule has 0 saturated heterocycles. The molecular formula is C5H5MoO10-5. The fourth-order valence-electron chi connectivity index (χ4n) is 0. The molecule has 96 valence electrons. The second-order valence-corrected chi connectivity index (χ2v) is 0.456. The van der Waals surface area contributed by atoms with Gasteiger partial charge in [0, 0.05) is 21.1 Å². The van der Waals surface area contributed by atoms with Gasteiger partial charge in [0.2, 0.25) is 0 Å². The van der Waals surface area contributed by atoms with Gasteiger partial charge in [-0.3, -0.25) is 0 Å². The van der Waals surface area contributed by atoms with Gasteiger partial charge in [-0.25, -0.2) is 0 Å². The molecule has 0 aliphatic carbocycles. The van der Waals surface area contributed by atoms with Gasteiger partial charge in [-0.2, -0.15) is 0 Å². The predicted octanol–water partition coefficient (Wildman–Crippen LogP) is -1.94. The molecule has 0 aromatic rings. The van der Waals surface area contributed by atoms with Gasteiger partial charge >= 0.3 is 0 Å². The minimum Gasteiger partial charge on any atom is -0.665 e. The number of aliphatic hydroxyl groups excluding tert-OH is 5. The molecule has 0 aliphatic heterocycles. The normalized spacial score (nSPS) is 3.75. The van der Waals surface area contributed by atoms with E-state index in [2.05, 4.69) is 0 Å². The maximum absolute atomic E-state index is 8.24. The zero-order chi connectivity index (χ0) is 13.5. The quantitative estimate of drug-likeness (QED) is 0.248. The summed E-state index contributed by atoms with van der Waals surface area (Å²) >= 11 is 0. The van der Waals surface area contributed by atoms with Crippen molar-refractivity contribution in [3.8, 4) is 0 Å². The number of rotatable bonds is 0. The van der Waals surface area contributed by atoms with Crippen LogP contribution < -0.4 is 0 Å². The van der Waals surface area contributed by atoms with E-state index in [1.807, 2.05) is 0 Å². The maximum atomic E-state index is 8.24. The van der Waals surface area contributed by atoms with Crippen LogP contribution in [0.1, 0.15) is 0 Å². The van der Waals surface area contributed by atoms with E-state index in [0.29, 0.717) is 32.4 Å². The van der Waals surface area contributed by atoms with Crippen LogP contribution in [0.3, 0.4) is 0 Å². The Hall–Kier alpha value is -1.96. The van der Waals surface area contributed by atoms with E-state index in [1.165, 1.54) is 0 Å². The molecule has 0 aromatic heterocycles. The van der Waals surface area contributed by atoms with Crippen LogP contribution >= 0.6 is 0 Å². The van der Waals surface area contributed by atoms with Gasteiger partial charge in [-0.1, -0.05) is 32.4 Å². The Kier molecular flexibility index (Phi) is 472. The molecule has 0 aromatic carbocycles. The largest absolute Gasteiger partial charge is 0.665 e. The topological polar surface area (TPSA) is 186 Å². The average molecular weight is 321 g/mol. The zero-order valence-electron chi connectivity index (χ0n) is 7.19. The molecule has 0 heterocycles. The molecule has 0 bridgehead atoms. The summed E-state index contributed by atoms with van der Waals surface area (Å²) in [5.74, 6) is 0. The van der Waals surface area contributed by atoms with Crippen molar-refractivity contribution in [3.63, 3.8) is 0 Å². The smallest absolute Gasteiger partial charge is 0 e. The van der Waals surface area contributed by atoms with E-state index in [1.54, 1.807) is 0 Å². The summed E-state index contributed by atoms with van der Waals surface area (Å²) < 4.78 is 0. The third-order valence-electron chi connectivity index (χ3n) is 0. The molecule has 11 heteroatoms. The summed E-state index contributed by atoms with van der Waals surface area (Å²) in [7, 11) is 0. The molecule has 0 saturated carbocycles. The number of hydrogen-bond acceptors (Lipinski definition) is 5. The van der Waals surface area contributed by atoms with Crippen molar-refractivity contribution in [1.82, 2.24) is 0 Å². The minimum absolute atomic E-state index is 0. The van der Waals surface area contributed by atoms with Crippen molar-refractivity contribution in [3.05, 3.63) is 0 Å². The molecule has 0 atom stereocenters. The zero-order valence-corrected chi connectivity index (χ0v) is 9.19. The Bertz CT molecular complexity index is 91.5. The van der Waals surface area contributed by atoms with Gasteiger partial charge in [0.05, 0.1) is 0 Å². The van der Waals surface area contributed by atoms with E-state index >= 15 is 0 Å². The van der Waals surface area contributed by atoms with Crippen molar-refractivity contribution < 1.29 is 70.6 Å². The Morgan fingerprint density at radius 1 is 0.438 bits per heavy atom. The first kappa shape index (κ1) is 36.9. The third-order valence-corrected chi connectivity index (χ3v) is 0. The Labute approximate surface area is 103 Å². The fourth-order valence-corrected chi connectivity index (χ4v) is 0. The van der Waals surface area contributed by atoms with Gasteiger partial charge in [0.25, 0.3) is 0 Å². The van der Waals surface area contributed by atoms with E-state index in [9.17, 15) is 0 Å². The third kappa shape index (κ3) is 381. The van der Waals surface area contributed by atoms with Crippen LogP contribution in [0, 0.1) is 0 Å².